The van der Waals surface area contributed by atoms with Gasteiger partial charge in [0.1, 0.15) is 0 Å². The second-order valence-corrected chi connectivity index (χ2v) is 9.73. The number of hydrogen-bond donors (Lipinski definition) is 2. The van der Waals surface area contributed by atoms with Crippen LogP contribution in [0.25, 0.3) is 33.4 Å². The Morgan fingerprint density at radius 3 is 1.73 bits per heavy atom. The first-order valence-electron chi connectivity index (χ1n) is 12.7. The molecule has 0 radical (unpaired) electrons. The van der Waals surface area contributed by atoms with Crippen molar-refractivity contribution in [3.63, 3.8) is 0 Å². The highest BCUT2D eigenvalue weighted by Gasteiger charge is 2.26. The van der Waals surface area contributed by atoms with E-state index in [1.807, 2.05) is 42.5 Å². The largest absolute Gasteiger partial charge is 0.478 e. The first-order valence-corrected chi connectivity index (χ1v) is 12.7. The molecule has 4 aromatic rings. The molecule has 0 aromatic heterocycles. The molecule has 4 aromatic carbocycles. The van der Waals surface area contributed by atoms with E-state index in [2.05, 4.69) is 39.0 Å². The van der Waals surface area contributed by atoms with Crippen molar-refractivity contribution >= 4 is 11.9 Å². The Bertz CT molecular complexity index is 1430. The van der Waals surface area contributed by atoms with Crippen LogP contribution < -0.4 is 0 Å². The molecule has 0 bridgehead atoms. The molecule has 0 saturated carbocycles. The molecular formula is C33H32O4. The Hall–Kier alpha value is -4.18. The third kappa shape index (κ3) is 5.34. The maximum Gasteiger partial charge on any atom is 0.336 e. The summed E-state index contributed by atoms with van der Waals surface area (Å²) in [4.78, 5) is 24.8. The van der Waals surface area contributed by atoms with Gasteiger partial charge >= 0.3 is 11.9 Å². The molecule has 0 aliphatic rings. The molecule has 0 atom stereocenters. The second-order valence-electron chi connectivity index (χ2n) is 9.73. The zero-order chi connectivity index (χ0) is 26.5. The number of carboxylic acids is 2. The van der Waals surface area contributed by atoms with Crippen molar-refractivity contribution in [3.05, 3.63) is 107 Å². The van der Waals surface area contributed by atoms with Crippen molar-refractivity contribution in [3.8, 4) is 33.4 Å². The summed E-state index contributed by atoms with van der Waals surface area (Å²) >= 11 is 0. The molecule has 188 valence electrons. The fraction of sp³-hybridized carbons (Fsp3) is 0.212. The fourth-order valence-corrected chi connectivity index (χ4v) is 5.12. The van der Waals surface area contributed by atoms with E-state index in [0.29, 0.717) is 17.5 Å². The smallest absolute Gasteiger partial charge is 0.336 e. The second kappa shape index (κ2) is 11.3. The van der Waals surface area contributed by atoms with Crippen molar-refractivity contribution in [2.45, 2.75) is 40.0 Å². The number of carboxylic acid groups (broad SMARTS) is 2. The highest BCUT2D eigenvalue weighted by atomic mass is 16.4. The zero-order valence-electron chi connectivity index (χ0n) is 21.5. The highest BCUT2D eigenvalue weighted by molar-refractivity contribution is 6.05. The van der Waals surface area contributed by atoms with Crippen LogP contribution in [0, 0.1) is 5.92 Å². The van der Waals surface area contributed by atoms with Gasteiger partial charge in [-0.05, 0) is 75.4 Å². The minimum absolute atomic E-state index is 0.203. The van der Waals surface area contributed by atoms with E-state index in [1.165, 1.54) is 0 Å². The highest BCUT2D eigenvalue weighted by Crippen LogP contribution is 2.46. The first kappa shape index (κ1) is 25.9. The Morgan fingerprint density at radius 1 is 0.703 bits per heavy atom. The van der Waals surface area contributed by atoms with E-state index < -0.39 is 11.9 Å². The first-order chi connectivity index (χ1) is 17.8. The molecule has 0 aliphatic carbocycles. The predicted molar refractivity (Wildman–Crippen MR) is 149 cm³/mol. The topological polar surface area (TPSA) is 74.6 Å². The van der Waals surface area contributed by atoms with Gasteiger partial charge in [-0.2, -0.15) is 0 Å². The van der Waals surface area contributed by atoms with Crippen LogP contribution in [0.4, 0.5) is 0 Å². The maximum absolute atomic E-state index is 12.4. The average molecular weight is 493 g/mol. The summed E-state index contributed by atoms with van der Waals surface area (Å²) in [6.07, 6.45) is 2.30. The lowest BCUT2D eigenvalue weighted by molar-refractivity contribution is 0.0686. The summed E-state index contributed by atoms with van der Waals surface area (Å²) in [6, 6.07) is 26.4. The Kier molecular flexibility index (Phi) is 7.88. The van der Waals surface area contributed by atoms with Crippen LogP contribution in [0.1, 0.15) is 59.0 Å². The van der Waals surface area contributed by atoms with Gasteiger partial charge in [0.05, 0.1) is 11.1 Å². The molecule has 0 unspecified atom stereocenters. The maximum atomic E-state index is 12.4. The van der Waals surface area contributed by atoms with Crippen molar-refractivity contribution < 1.29 is 19.8 Å². The van der Waals surface area contributed by atoms with Gasteiger partial charge < -0.3 is 10.2 Å². The van der Waals surface area contributed by atoms with Crippen molar-refractivity contribution in [2.75, 3.05) is 0 Å². The molecule has 0 fully saturated rings. The number of hydrogen-bond acceptors (Lipinski definition) is 2. The molecule has 0 saturated heterocycles. The van der Waals surface area contributed by atoms with Gasteiger partial charge in [0.25, 0.3) is 0 Å². The minimum atomic E-state index is -1.01. The molecule has 0 spiro atoms. The number of aryl methyl sites for hydroxylation is 1. The normalized spacial score (nSPS) is 11.0. The van der Waals surface area contributed by atoms with E-state index in [4.69, 9.17) is 0 Å². The summed E-state index contributed by atoms with van der Waals surface area (Å²) in [6.45, 7) is 6.39. The number of benzene rings is 4. The van der Waals surface area contributed by atoms with E-state index in [1.54, 1.807) is 24.3 Å². The third-order valence-electron chi connectivity index (χ3n) is 6.59. The molecule has 4 heteroatoms. The predicted octanol–water partition coefficient (Wildman–Crippen LogP) is 8.24. The van der Waals surface area contributed by atoms with E-state index in [9.17, 15) is 19.8 Å². The molecule has 4 rings (SSSR count). The summed E-state index contributed by atoms with van der Waals surface area (Å²) in [7, 11) is 0. The molecule has 2 N–H and O–H groups in total. The lowest BCUT2D eigenvalue weighted by atomic mass is 9.77. The molecule has 0 aliphatic heterocycles. The van der Waals surface area contributed by atoms with Crippen LogP contribution in [-0.2, 0) is 12.8 Å². The molecular weight excluding hydrogens is 460 g/mol. The van der Waals surface area contributed by atoms with Gasteiger partial charge in [0.15, 0.2) is 0 Å². The van der Waals surface area contributed by atoms with Gasteiger partial charge in [-0.1, -0.05) is 100.0 Å². The van der Waals surface area contributed by atoms with Crippen LogP contribution in [0.3, 0.4) is 0 Å². The standard InChI is InChI=1S/C33H32O4/c1-4-12-23-20-28(22-13-6-5-7-14-22)29(19-21(2)3)31(25-16-9-11-18-27(25)33(36)37)30(23)24-15-8-10-17-26(24)32(34)35/h5-11,13-18,20-21H,4,12,19H2,1-3H3,(H,34,35)(H,36,37). The van der Waals surface area contributed by atoms with Crippen molar-refractivity contribution in [1.29, 1.82) is 0 Å². The molecule has 4 nitrogen and oxygen atoms in total. The van der Waals surface area contributed by atoms with Crippen LogP contribution in [0.15, 0.2) is 84.9 Å². The Labute approximate surface area is 218 Å². The quantitative estimate of drug-likeness (QED) is 0.247. The third-order valence-corrected chi connectivity index (χ3v) is 6.59. The minimum Gasteiger partial charge on any atom is -0.478 e. The van der Waals surface area contributed by atoms with Crippen LogP contribution in [0.5, 0.6) is 0 Å². The molecule has 0 heterocycles. The van der Waals surface area contributed by atoms with Gasteiger partial charge in [-0.15, -0.1) is 0 Å². The Morgan fingerprint density at radius 2 is 1.22 bits per heavy atom. The number of carbonyl (C=O) groups is 2. The van der Waals surface area contributed by atoms with E-state index in [-0.39, 0.29) is 17.0 Å². The van der Waals surface area contributed by atoms with Crippen LogP contribution >= 0.6 is 0 Å². The Balaban J connectivity index is 2.27. The van der Waals surface area contributed by atoms with Gasteiger partial charge in [0.2, 0.25) is 0 Å². The SMILES string of the molecule is CCCc1cc(-c2ccccc2)c(CC(C)C)c(-c2ccccc2C(=O)O)c1-c1ccccc1C(=O)O. The van der Waals surface area contributed by atoms with Gasteiger partial charge in [0, 0.05) is 0 Å². The summed E-state index contributed by atoms with van der Waals surface area (Å²) in [5, 5.41) is 20.3. The summed E-state index contributed by atoms with van der Waals surface area (Å²) in [5.74, 6) is -1.73. The molecule has 0 amide bonds. The molecule has 37 heavy (non-hydrogen) atoms. The van der Waals surface area contributed by atoms with Gasteiger partial charge in [-0.25, -0.2) is 9.59 Å². The van der Waals surface area contributed by atoms with E-state index in [0.717, 1.165) is 46.2 Å². The van der Waals surface area contributed by atoms with Crippen LogP contribution in [0.2, 0.25) is 0 Å². The summed E-state index contributed by atoms with van der Waals surface area (Å²) in [5.41, 5.74) is 7.41. The lowest BCUT2D eigenvalue weighted by Gasteiger charge is -2.26. The van der Waals surface area contributed by atoms with Gasteiger partial charge in [-0.3, -0.25) is 0 Å². The number of rotatable bonds is 9. The number of aromatic carboxylic acids is 2. The lowest BCUT2D eigenvalue weighted by Crippen LogP contribution is -2.09. The summed E-state index contributed by atoms with van der Waals surface area (Å²) < 4.78 is 0. The van der Waals surface area contributed by atoms with E-state index >= 15 is 0 Å². The average Bonchev–Trinajstić information content (AvgIpc) is 2.89. The monoisotopic (exact) mass is 492 g/mol. The zero-order valence-corrected chi connectivity index (χ0v) is 21.5. The van der Waals surface area contributed by atoms with Crippen molar-refractivity contribution in [1.82, 2.24) is 0 Å². The van der Waals surface area contributed by atoms with Crippen LogP contribution in [-0.4, -0.2) is 22.2 Å². The fourth-order valence-electron chi connectivity index (χ4n) is 5.12. The van der Waals surface area contributed by atoms with Crippen molar-refractivity contribution in [2.24, 2.45) is 5.92 Å².